The Hall–Kier alpha value is -4.27. The molecule has 0 spiro atoms. The number of imide groups is 1. The average Bonchev–Trinajstić information content (AvgIpc) is 3.46. The Balaban J connectivity index is 1.09. The van der Waals surface area contributed by atoms with Gasteiger partial charge in [-0.1, -0.05) is 11.6 Å². The molecule has 2 fully saturated rings. The molecule has 2 aliphatic heterocycles. The van der Waals surface area contributed by atoms with Gasteiger partial charge in [-0.25, -0.2) is 19.2 Å². The van der Waals surface area contributed by atoms with Gasteiger partial charge >= 0.3 is 12.3 Å². The number of halogens is 5. The minimum absolute atomic E-state index is 0.0331. The normalized spacial score (nSPS) is 22.2. The lowest BCUT2D eigenvalue weighted by atomic mass is 9.88. The molecule has 220 valence electrons. The Morgan fingerprint density at radius 2 is 2.00 bits per heavy atom. The van der Waals surface area contributed by atoms with Crippen LogP contribution in [-0.4, -0.2) is 55.4 Å². The highest BCUT2D eigenvalue weighted by Crippen LogP contribution is 2.41. The molecule has 2 N–H and O–H groups in total. The monoisotopic (exact) mass is 608 g/mol. The van der Waals surface area contributed by atoms with Gasteiger partial charge in [0.2, 0.25) is 17.6 Å². The van der Waals surface area contributed by atoms with Gasteiger partial charge in [-0.2, -0.15) is 13.2 Å². The average molecular weight is 609 g/mol. The fourth-order valence-corrected chi connectivity index (χ4v) is 5.83. The summed E-state index contributed by atoms with van der Waals surface area (Å²) in [5, 5.41) is 4.60. The van der Waals surface area contributed by atoms with Crippen LogP contribution in [0.3, 0.4) is 0 Å². The van der Waals surface area contributed by atoms with Crippen molar-refractivity contribution >= 4 is 46.6 Å². The van der Waals surface area contributed by atoms with Gasteiger partial charge in [0.05, 0.1) is 11.1 Å². The Labute approximate surface area is 239 Å². The third-order valence-electron chi connectivity index (χ3n) is 7.63. The van der Waals surface area contributed by atoms with Gasteiger partial charge in [-0.05, 0) is 24.6 Å². The molecule has 2 aromatic heterocycles. The van der Waals surface area contributed by atoms with Gasteiger partial charge in [0.15, 0.2) is 5.65 Å². The number of nitrogens with zero attached hydrogens (tertiary/aromatic N) is 4. The first-order valence-corrected chi connectivity index (χ1v) is 13.3. The number of alkyl carbamates (subject to hydrolysis) is 1. The van der Waals surface area contributed by atoms with Crippen LogP contribution in [-0.2, 0) is 33.6 Å². The first-order valence-electron chi connectivity index (χ1n) is 12.9. The van der Waals surface area contributed by atoms with Crippen molar-refractivity contribution in [1.29, 1.82) is 0 Å². The predicted octanol–water partition coefficient (Wildman–Crippen LogP) is 3.63. The van der Waals surface area contributed by atoms with E-state index in [1.165, 1.54) is 24.4 Å². The number of imidazole rings is 1. The standard InChI is InChI=1S/C26H21ClF4N6O5/c27-15-6-11(20(28)19-14(15)10-36(23(19)40)17-3-4-18(38)34-22(17)39)9-33-25(41)42-13-7-12(8-13)37-16-2-1-5-32-21(16)35-24(37)26(29,30)31/h1-2,5-6,12-13,17H,3-4,7-10H2,(H,33,41)(H,34,38,39)/t12?,13?,17-/m1/s1. The van der Waals surface area contributed by atoms with Gasteiger partial charge in [-0.15, -0.1) is 0 Å². The number of rotatable bonds is 5. The molecule has 1 aliphatic carbocycles. The molecule has 0 radical (unpaired) electrons. The van der Waals surface area contributed by atoms with Crippen LogP contribution in [0.2, 0.25) is 5.02 Å². The highest BCUT2D eigenvalue weighted by Gasteiger charge is 2.44. The summed E-state index contributed by atoms with van der Waals surface area (Å²) in [5.74, 6) is -3.87. The molecule has 16 heteroatoms. The van der Waals surface area contributed by atoms with Crippen LogP contribution in [0.5, 0.6) is 0 Å². The molecule has 4 heterocycles. The number of nitrogens with one attached hydrogen (secondary N) is 2. The summed E-state index contributed by atoms with van der Waals surface area (Å²) < 4.78 is 62.5. The molecule has 1 saturated heterocycles. The molecule has 1 atom stereocenters. The summed E-state index contributed by atoms with van der Waals surface area (Å²) in [6, 6.07) is 2.67. The Bertz CT molecular complexity index is 1650. The Kier molecular flexibility index (Phi) is 6.78. The summed E-state index contributed by atoms with van der Waals surface area (Å²) in [5.41, 5.74) is -0.0566. The van der Waals surface area contributed by atoms with Crippen molar-refractivity contribution in [3.05, 3.63) is 57.8 Å². The third-order valence-corrected chi connectivity index (χ3v) is 7.97. The molecule has 3 aromatic rings. The number of ether oxygens (including phenoxy) is 1. The maximum absolute atomic E-state index is 15.4. The highest BCUT2D eigenvalue weighted by molar-refractivity contribution is 6.32. The first-order chi connectivity index (χ1) is 19.9. The van der Waals surface area contributed by atoms with Crippen LogP contribution in [0, 0.1) is 5.82 Å². The number of carbonyl (C=O) groups is 4. The number of hydrogen-bond acceptors (Lipinski definition) is 7. The fourth-order valence-electron chi connectivity index (χ4n) is 5.54. The van der Waals surface area contributed by atoms with Gasteiger partial charge in [0.25, 0.3) is 5.91 Å². The van der Waals surface area contributed by atoms with Crippen LogP contribution in [0.15, 0.2) is 24.4 Å². The number of alkyl halides is 3. The number of benzene rings is 1. The van der Waals surface area contributed by atoms with E-state index in [-0.39, 0.29) is 65.1 Å². The molecule has 1 aromatic carbocycles. The molecule has 4 amide bonds. The SMILES string of the molecule is O=C1CC[C@@H](N2Cc3c(Cl)cc(CNC(=O)OC4CC(n5c(C(F)(F)F)nc6ncccc65)C4)c(F)c3C2=O)C(=O)N1. The molecule has 11 nitrogen and oxygen atoms in total. The zero-order valence-corrected chi connectivity index (χ0v) is 22.3. The summed E-state index contributed by atoms with van der Waals surface area (Å²) in [6.07, 6.45) is -4.66. The van der Waals surface area contributed by atoms with E-state index in [0.29, 0.717) is 0 Å². The van der Waals surface area contributed by atoms with E-state index in [0.717, 1.165) is 9.47 Å². The Morgan fingerprint density at radius 3 is 2.71 bits per heavy atom. The quantitative estimate of drug-likeness (QED) is 0.334. The molecule has 0 unspecified atom stereocenters. The highest BCUT2D eigenvalue weighted by atomic mass is 35.5. The lowest BCUT2D eigenvalue weighted by Gasteiger charge is -2.36. The van der Waals surface area contributed by atoms with Crippen molar-refractivity contribution in [2.45, 2.75) is 63.1 Å². The second-order valence-corrected chi connectivity index (χ2v) is 10.6. The molecule has 6 rings (SSSR count). The fraction of sp³-hybridized carbons (Fsp3) is 0.385. The largest absolute Gasteiger partial charge is 0.449 e. The predicted molar refractivity (Wildman–Crippen MR) is 135 cm³/mol. The van der Waals surface area contributed by atoms with Gasteiger partial charge in [0.1, 0.15) is 18.0 Å². The molecular weight excluding hydrogens is 588 g/mol. The maximum Gasteiger partial charge on any atom is 0.449 e. The molecular formula is C26H21ClF4N6O5. The molecule has 3 aliphatic rings. The van der Waals surface area contributed by atoms with Gasteiger partial charge in [-0.3, -0.25) is 19.7 Å². The van der Waals surface area contributed by atoms with Crippen molar-refractivity contribution in [3.63, 3.8) is 0 Å². The van der Waals surface area contributed by atoms with E-state index in [1.807, 2.05) is 0 Å². The van der Waals surface area contributed by atoms with Crippen LogP contribution < -0.4 is 10.6 Å². The van der Waals surface area contributed by atoms with E-state index in [2.05, 4.69) is 20.6 Å². The lowest BCUT2D eigenvalue weighted by Crippen LogP contribution is -2.52. The van der Waals surface area contributed by atoms with E-state index in [1.54, 1.807) is 0 Å². The van der Waals surface area contributed by atoms with Gasteiger partial charge in [0, 0.05) is 60.7 Å². The topological polar surface area (TPSA) is 136 Å². The van der Waals surface area contributed by atoms with Crippen LogP contribution in [0.1, 0.15) is 59.0 Å². The summed E-state index contributed by atoms with van der Waals surface area (Å²) in [7, 11) is 0. The van der Waals surface area contributed by atoms with Crippen molar-refractivity contribution < 1.29 is 41.5 Å². The molecule has 1 saturated carbocycles. The smallest absolute Gasteiger partial charge is 0.446 e. The zero-order chi connectivity index (χ0) is 29.9. The minimum atomic E-state index is -4.70. The number of fused-ring (bicyclic) bond motifs is 2. The third kappa shape index (κ3) is 4.80. The summed E-state index contributed by atoms with van der Waals surface area (Å²) in [4.78, 5) is 57.8. The first kappa shape index (κ1) is 27.9. The minimum Gasteiger partial charge on any atom is -0.446 e. The van der Waals surface area contributed by atoms with Crippen LogP contribution in [0.4, 0.5) is 22.4 Å². The van der Waals surface area contributed by atoms with E-state index in [9.17, 15) is 32.3 Å². The number of pyridine rings is 1. The molecule has 0 bridgehead atoms. The van der Waals surface area contributed by atoms with Crippen LogP contribution >= 0.6 is 11.6 Å². The Morgan fingerprint density at radius 1 is 1.24 bits per heavy atom. The van der Waals surface area contributed by atoms with Crippen LogP contribution in [0.25, 0.3) is 11.2 Å². The van der Waals surface area contributed by atoms with Crippen molar-refractivity contribution in [2.75, 3.05) is 0 Å². The van der Waals surface area contributed by atoms with Crippen molar-refractivity contribution in [2.24, 2.45) is 0 Å². The van der Waals surface area contributed by atoms with E-state index in [4.69, 9.17) is 16.3 Å². The number of amides is 4. The number of hydrogen-bond donors (Lipinski definition) is 2. The summed E-state index contributed by atoms with van der Waals surface area (Å²) >= 11 is 6.32. The van der Waals surface area contributed by atoms with E-state index < -0.39 is 66.4 Å². The lowest BCUT2D eigenvalue weighted by molar-refractivity contribution is -0.149. The molecule has 42 heavy (non-hydrogen) atoms. The maximum atomic E-state index is 15.4. The van der Waals surface area contributed by atoms with Crippen molar-refractivity contribution in [3.8, 4) is 0 Å². The van der Waals surface area contributed by atoms with Gasteiger partial charge < -0.3 is 19.5 Å². The number of carbonyl (C=O) groups excluding carboxylic acids is 4. The number of aromatic nitrogens is 3. The summed E-state index contributed by atoms with van der Waals surface area (Å²) in [6.45, 7) is -0.511. The van der Waals surface area contributed by atoms with E-state index >= 15 is 4.39 Å². The number of piperidine rings is 1. The van der Waals surface area contributed by atoms with Crippen molar-refractivity contribution in [1.82, 2.24) is 30.1 Å². The second kappa shape index (κ2) is 10.2. The second-order valence-electron chi connectivity index (χ2n) is 10.2. The zero-order valence-electron chi connectivity index (χ0n) is 21.5.